The van der Waals surface area contributed by atoms with Crippen LogP contribution in [-0.4, -0.2) is 123 Å². The molecule has 1 aliphatic heterocycles. The third kappa shape index (κ3) is 9.37. The van der Waals surface area contributed by atoms with Gasteiger partial charge < -0.3 is 45.1 Å². The number of aliphatic carboxylic acids is 1. The number of nitrogens with zero attached hydrogens (tertiary/aromatic N) is 5. The number of pyridine rings is 1. The highest BCUT2D eigenvalue weighted by Gasteiger charge is 2.61. The first-order valence-electron chi connectivity index (χ1n) is 21.0. The second-order valence-electron chi connectivity index (χ2n) is 18.5. The minimum absolute atomic E-state index is 0.00139. The molecule has 3 amide bonds. The molecule has 3 aliphatic carbocycles. The predicted octanol–water partition coefficient (Wildman–Crippen LogP) is 4.84. The Hall–Kier alpha value is -5.12. The predicted molar refractivity (Wildman–Crippen MR) is 221 cm³/mol. The van der Waals surface area contributed by atoms with Gasteiger partial charge in [-0.1, -0.05) is 34.1 Å². The fourth-order valence-electron chi connectivity index (χ4n) is 8.66. The van der Waals surface area contributed by atoms with Gasteiger partial charge in [-0.15, -0.1) is 5.10 Å². The second kappa shape index (κ2) is 16.5. The van der Waals surface area contributed by atoms with Crippen molar-refractivity contribution < 1.29 is 38.5 Å². The minimum atomic E-state index is -1.40. The maximum absolute atomic E-state index is 14.7. The maximum atomic E-state index is 14.7. The van der Waals surface area contributed by atoms with Crippen LogP contribution in [0.25, 0.3) is 16.7 Å². The molecule has 0 spiro atoms. The molecule has 2 aromatic heterocycles. The molecule has 16 nitrogen and oxygen atoms in total. The summed E-state index contributed by atoms with van der Waals surface area (Å²) in [6.45, 7) is 12.7. The van der Waals surface area contributed by atoms with E-state index >= 15 is 0 Å². The van der Waals surface area contributed by atoms with Crippen molar-refractivity contribution >= 4 is 40.6 Å². The van der Waals surface area contributed by atoms with Crippen LogP contribution >= 0.6 is 0 Å². The molecule has 4 fully saturated rings. The number of carboxylic acid groups (broad SMARTS) is 1. The van der Waals surface area contributed by atoms with E-state index in [1.807, 2.05) is 84.8 Å². The molecule has 16 heteroatoms. The van der Waals surface area contributed by atoms with Crippen molar-refractivity contribution in [2.24, 2.45) is 23.2 Å². The van der Waals surface area contributed by atoms with Gasteiger partial charge >= 0.3 is 12.1 Å². The standard InChI is InChI=1S/C43H60N8O8/c1-9-27-22-43(27,40(54)55)47-38(52)33-20-30(23-50(33)39(53)37(42(4,5)6)46-41(56)59-29-17-25-16-26(25)18-29)58-34-21-36(51-13-12-35(48-51)44-24(2)3)45-32-19-28(10-11-31(32)34)57-15-14-49(7)8/h10-13,19,21,24-27,29-30,33,37H,9,14-18,20,22-23H2,1-8H3,(H,44,48)(H,46,56)(H,47,52)(H,54,55)/t25?,26?,27?,29?,30-,33?,37?,43-/m1/s1. The van der Waals surface area contributed by atoms with Crippen molar-refractivity contribution in [2.45, 2.75) is 116 Å². The Labute approximate surface area is 345 Å². The van der Waals surface area contributed by atoms with Gasteiger partial charge in [0.2, 0.25) is 11.8 Å². The van der Waals surface area contributed by atoms with Gasteiger partial charge in [0.15, 0.2) is 5.82 Å². The number of carbonyl (C=O) groups is 4. The third-order valence-electron chi connectivity index (χ3n) is 12.1. The van der Waals surface area contributed by atoms with Crippen molar-refractivity contribution in [3.8, 4) is 17.3 Å². The van der Waals surface area contributed by atoms with E-state index in [1.54, 1.807) is 16.9 Å². The van der Waals surface area contributed by atoms with Gasteiger partial charge in [0.05, 0.1) is 12.1 Å². The summed E-state index contributed by atoms with van der Waals surface area (Å²) in [5.41, 5.74) is -1.58. The molecule has 7 atom stereocenters. The summed E-state index contributed by atoms with van der Waals surface area (Å²) in [6, 6.07) is 7.24. The number of ether oxygens (including phenoxy) is 3. The number of likely N-dealkylation sites (tertiary alicyclic amines) is 1. The van der Waals surface area contributed by atoms with Crippen LogP contribution in [0.3, 0.4) is 0 Å². The number of fused-ring (bicyclic) bond motifs is 2. The van der Waals surface area contributed by atoms with Gasteiger partial charge in [0.25, 0.3) is 0 Å². The minimum Gasteiger partial charge on any atom is -0.492 e. The van der Waals surface area contributed by atoms with Gasteiger partial charge in [0, 0.05) is 48.8 Å². The fourth-order valence-corrected chi connectivity index (χ4v) is 8.66. The Bertz CT molecular complexity index is 2050. The number of anilines is 1. The number of likely N-dealkylation sites (N-methyl/N-ethyl adjacent to an activating group) is 1. The number of carbonyl (C=O) groups excluding carboxylic acids is 3. The Morgan fingerprint density at radius 1 is 1.03 bits per heavy atom. The van der Waals surface area contributed by atoms with Crippen molar-refractivity contribution in [3.05, 3.63) is 36.5 Å². The molecule has 7 rings (SSSR count). The molecular formula is C43H60N8O8. The molecular weight excluding hydrogens is 757 g/mol. The van der Waals surface area contributed by atoms with Crippen LogP contribution < -0.4 is 25.4 Å². The third-order valence-corrected chi connectivity index (χ3v) is 12.1. The summed E-state index contributed by atoms with van der Waals surface area (Å²) in [6.07, 6.45) is 4.05. The molecule has 3 saturated carbocycles. The lowest BCUT2D eigenvalue weighted by atomic mass is 9.85. The topological polar surface area (TPSA) is 189 Å². The van der Waals surface area contributed by atoms with Gasteiger partial charge in [-0.25, -0.2) is 19.3 Å². The Morgan fingerprint density at radius 2 is 1.78 bits per heavy atom. The molecule has 3 heterocycles. The zero-order valence-corrected chi connectivity index (χ0v) is 35.5. The Kier molecular flexibility index (Phi) is 11.8. The summed E-state index contributed by atoms with van der Waals surface area (Å²) in [7, 11) is 3.95. The monoisotopic (exact) mass is 816 g/mol. The van der Waals surface area contributed by atoms with Crippen LogP contribution in [0.2, 0.25) is 0 Å². The number of carboxylic acids is 1. The van der Waals surface area contributed by atoms with Crippen molar-refractivity contribution in [1.29, 1.82) is 0 Å². The van der Waals surface area contributed by atoms with E-state index in [0.717, 1.165) is 19.4 Å². The zero-order chi connectivity index (χ0) is 42.4. The number of hydrogen-bond donors (Lipinski definition) is 4. The summed E-state index contributed by atoms with van der Waals surface area (Å²) >= 11 is 0. The van der Waals surface area contributed by atoms with E-state index in [0.29, 0.717) is 65.3 Å². The molecule has 4 N–H and O–H groups in total. The highest BCUT2D eigenvalue weighted by molar-refractivity contribution is 5.96. The molecule has 0 radical (unpaired) electrons. The largest absolute Gasteiger partial charge is 0.492 e. The first-order valence-corrected chi connectivity index (χ1v) is 21.0. The quantitative estimate of drug-likeness (QED) is 0.154. The van der Waals surface area contributed by atoms with Crippen molar-refractivity contribution in [1.82, 2.24) is 35.2 Å². The number of nitrogens with one attached hydrogen (secondary N) is 3. The lowest BCUT2D eigenvalue weighted by molar-refractivity contribution is -0.146. The first-order chi connectivity index (χ1) is 27.9. The van der Waals surface area contributed by atoms with Gasteiger partial charge in [-0.3, -0.25) is 9.59 Å². The number of amides is 3. The molecule has 4 aliphatic rings. The maximum Gasteiger partial charge on any atom is 0.408 e. The molecule has 59 heavy (non-hydrogen) atoms. The van der Waals surface area contributed by atoms with Crippen LogP contribution in [0.5, 0.6) is 11.5 Å². The van der Waals surface area contributed by atoms with E-state index in [4.69, 9.17) is 19.2 Å². The number of benzene rings is 1. The second-order valence-corrected chi connectivity index (χ2v) is 18.5. The fraction of sp³-hybridized carbons (Fsp3) is 0.628. The van der Waals surface area contributed by atoms with E-state index in [9.17, 15) is 24.3 Å². The summed E-state index contributed by atoms with van der Waals surface area (Å²) in [4.78, 5) is 63.1. The van der Waals surface area contributed by atoms with Gasteiger partial charge in [-0.2, -0.15) is 0 Å². The van der Waals surface area contributed by atoms with E-state index in [1.165, 1.54) is 11.3 Å². The van der Waals surface area contributed by atoms with Crippen LogP contribution in [-0.2, 0) is 19.1 Å². The Balaban J connectivity index is 1.19. The smallest absolute Gasteiger partial charge is 0.408 e. The molecule has 1 aromatic carbocycles. The highest BCUT2D eigenvalue weighted by Crippen LogP contribution is 2.52. The van der Waals surface area contributed by atoms with E-state index < -0.39 is 53.0 Å². The molecule has 3 aromatic rings. The molecule has 5 unspecified atom stereocenters. The molecule has 0 bridgehead atoms. The highest BCUT2D eigenvalue weighted by atomic mass is 16.6. The molecule has 1 saturated heterocycles. The normalized spacial score (nSPS) is 26.4. The zero-order valence-electron chi connectivity index (χ0n) is 35.5. The summed E-state index contributed by atoms with van der Waals surface area (Å²) in [5, 5.41) is 24.5. The SMILES string of the molecule is CCC1C[C@]1(NC(=O)C1C[C@@H](Oc2cc(-n3ccc(NC(C)C)n3)nc3cc(OCCN(C)C)ccc23)CN1C(=O)C(NC(=O)OC1CC2CC2C1)C(C)(C)C)C(=O)O. The van der Waals surface area contributed by atoms with Gasteiger partial charge in [-0.05, 0) is 88.9 Å². The average molecular weight is 817 g/mol. The van der Waals surface area contributed by atoms with Crippen LogP contribution in [0.4, 0.5) is 10.6 Å². The lowest BCUT2D eigenvalue weighted by Crippen LogP contribution is -2.59. The lowest BCUT2D eigenvalue weighted by Gasteiger charge is -2.35. The van der Waals surface area contributed by atoms with Crippen LogP contribution in [0.15, 0.2) is 36.5 Å². The average Bonchev–Trinajstić information content (AvgIpc) is 3.83. The van der Waals surface area contributed by atoms with Crippen molar-refractivity contribution in [2.75, 3.05) is 39.1 Å². The number of aromatic nitrogens is 3. The summed E-state index contributed by atoms with van der Waals surface area (Å²) in [5.74, 6) is 1.07. The first kappa shape index (κ1) is 42.0. The van der Waals surface area contributed by atoms with E-state index in [-0.39, 0.29) is 31.0 Å². The Morgan fingerprint density at radius 3 is 2.42 bits per heavy atom. The van der Waals surface area contributed by atoms with Crippen LogP contribution in [0.1, 0.15) is 80.1 Å². The van der Waals surface area contributed by atoms with Crippen molar-refractivity contribution in [3.63, 3.8) is 0 Å². The number of alkyl carbamates (subject to hydrolysis) is 1. The number of rotatable bonds is 16. The summed E-state index contributed by atoms with van der Waals surface area (Å²) < 4.78 is 20.2. The van der Waals surface area contributed by atoms with Gasteiger partial charge in [0.1, 0.15) is 53.8 Å². The van der Waals surface area contributed by atoms with Crippen LogP contribution in [0, 0.1) is 23.2 Å². The van der Waals surface area contributed by atoms with E-state index in [2.05, 4.69) is 21.0 Å². The molecule has 320 valence electrons. The number of hydrogen-bond acceptors (Lipinski definition) is 11.